The molecule has 0 fully saturated rings. The van der Waals surface area contributed by atoms with E-state index in [1.54, 1.807) is 63.2 Å². The maximum Gasteiger partial charge on any atom is 1.00 e. The average Bonchev–Trinajstić information content (AvgIpc) is 3.12. The number of hydrogen-bond donors (Lipinski definition) is 4. The first kappa shape index (κ1) is 54.6. The number of anilines is 4. The molecule has 6 rings (SSSR count). The molecule has 1 aliphatic heterocycles. The largest absolute Gasteiger partial charge is 1.00 e. The van der Waals surface area contributed by atoms with Crippen molar-refractivity contribution in [3.05, 3.63) is 105 Å². The average molecular weight is 993 g/mol. The van der Waals surface area contributed by atoms with Crippen molar-refractivity contribution in [3.63, 3.8) is 0 Å². The summed E-state index contributed by atoms with van der Waals surface area (Å²) in [6.07, 6.45) is 1.94. The maximum absolute atomic E-state index is 12.6. The van der Waals surface area contributed by atoms with Gasteiger partial charge in [-0.2, -0.15) is 6.07 Å². The number of aryl methyl sites for hydroxylation is 2. The van der Waals surface area contributed by atoms with Crippen molar-refractivity contribution in [2.75, 3.05) is 27.3 Å². The van der Waals surface area contributed by atoms with Crippen LogP contribution in [0.2, 0.25) is 0 Å². The van der Waals surface area contributed by atoms with Crippen molar-refractivity contribution in [1.82, 2.24) is 0 Å². The topological polar surface area (TPSA) is 297 Å². The minimum absolute atomic E-state index is 0. The molecule has 1 heterocycles. The number of fused-ring (bicyclic) bond motifs is 2. The van der Waals surface area contributed by atoms with E-state index in [9.17, 15) is 42.8 Å². The fourth-order valence-corrected chi connectivity index (χ4v) is 10.2. The molecule has 4 aromatic carbocycles. The second-order valence-corrected chi connectivity index (χ2v) is 20.8. The number of sulfonamides is 2. The van der Waals surface area contributed by atoms with Crippen LogP contribution in [0.5, 0.6) is 0 Å². The van der Waals surface area contributed by atoms with Crippen LogP contribution in [0.3, 0.4) is 0 Å². The zero-order valence-corrected chi connectivity index (χ0v) is 44.1. The van der Waals surface area contributed by atoms with Crippen molar-refractivity contribution in [3.8, 4) is 22.5 Å². The first-order valence-electron chi connectivity index (χ1n) is 17.8. The fraction of sp³-hybridized carbons (Fsp3) is 0.205. The SMILES string of the molecule is Cc1[c-]c(C)c([NH+]=c2ccc3c(-c4ccccc4S(=O)(=O)[O-])c4ccc(Nc5c(C)c(NS(C)(=O)=O)c(C)c(S(=O)(=O)[O-])c5C)cc4oc-3c2)c(C)c1NS(C)(=O)=O.O=S(=O)=O.[Na+].[Na+]. The Labute approximate surface area is 416 Å². The zero-order valence-electron chi connectivity index (χ0n) is 36.0. The van der Waals surface area contributed by atoms with Gasteiger partial charge in [-0.1, -0.05) is 50.1 Å². The van der Waals surface area contributed by atoms with E-state index in [-0.39, 0.29) is 98.5 Å². The van der Waals surface area contributed by atoms with E-state index < -0.39 is 60.7 Å². The van der Waals surface area contributed by atoms with Crippen LogP contribution in [-0.2, 0) is 50.9 Å². The summed E-state index contributed by atoms with van der Waals surface area (Å²) in [6, 6.07) is 18.7. The number of hydrogen-bond acceptors (Lipinski definition) is 15. The molecule has 1 aliphatic carbocycles. The molecule has 0 atom stereocenters. The summed E-state index contributed by atoms with van der Waals surface area (Å²) in [4.78, 5) is 2.25. The number of nitrogens with one attached hydrogen (secondary N) is 4. The van der Waals surface area contributed by atoms with Crippen LogP contribution in [0.4, 0.5) is 28.4 Å². The summed E-state index contributed by atoms with van der Waals surface area (Å²) < 4.78 is 161. The smallest absolute Gasteiger partial charge is 0.744 e. The molecule has 0 unspecified atom stereocenters. The summed E-state index contributed by atoms with van der Waals surface area (Å²) in [5.74, 6) is 0.241. The molecule has 64 heavy (non-hydrogen) atoms. The molecule has 0 amide bonds. The second kappa shape index (κ2) is 20.4. The second-order valence-electron chi connectivity index (χ2n) is 14.2. The van der Waals surface area contributed by atoms with Gasteiger partial charge in [0.05, 0.1) is 34.1 Å². The number of rotatable bonds is 10. The standard InChI is InChI=1S/C39H39N4O11S4.2Na.O3S/c1-20-17-21(2)36(42-55(7,44)45)22(3)35(20)40-26-13-15-28-31(18-26)54-32-19-27(14-16-29(32)34(28)30-11-9-10-12-33(30)57(48,49)50)41-37-23(4)38(43-56(8,46)47)25(6)39(24(37)5)58(51,52)53;;;1-4(2)3/h9-16,18-19,41-43H,1-8H3,(H,48,49,50)(H,51,52,53);;;/q-1;2*+1;/p-1. The van der Waals surface area contributed by atoms with Gasteiger partial charge in [0.15, 0.2) is 5.36 Å². The van der Waals surface area contributed by atoms with E-state index in [1.807, 2.05) is 6.92 Å². The van der Waals surface area contributed by atoms with Gasteiger partial charge in [-0.05, 0) is 67.4 Å². The van der Waals surface area contributed by atoms with Crippen LogP contribution < -0.4 is 84.2 Å². The summed E-state index contributed by atoms with van der Waals surface area (Å²) in [7, 11) is -20.7. The van der Waals surface area contributed by atoms with Crippen LogP contribution >= 0.6 is 0 Å². The molecule has 2 aliphatic rings. The third kappa shape index (κ3) is 12.6. The minimum Gasteiger partial charge on any atom is -0.744 e. The normalized spacial score (nSPS) is 12.1. The van der Waals surface area contributed by atoms with E-state index in [4.69, 9.17) is 17.0 Å². The van der Waals surface area contributed by atoms with Gasteiger partial charge >= 0.3 is 69.7 Å². The molecule has 4 N–H and O–H groups in total. The van der Waals surface area contributed by atoms with Crippen molar-refractivity contribution in [2.24, 2.45) is 0 Å². The molecule has 330 valence electrons. The summed E-state index contributed by atoms with van der Waals surface area (Å²) >= 11 is 0. The maximum atomic E-state index is 12.6. The summed E-state index contributed by atoms with van der Waals surface area (Å²) in [5, 5.41) is 4.01. The van der Waals surface area contributed by atoms with Crippen LogP contribution in [0, 0.1) is 47.6 Å². The van der Waals surface area contributed by atoms with Crippen LogP contribution in [-0.4, -0.2) is 67.9 Å². The molecule has 18 nitrogen and oxygen atoms in total. The van der Waals surface area contributed by atoms with E-state index in [1.165, 1.54) is 32.0 Å². The van der Waals surface area contributed by atoms with E-state index in [0.717, 1.165) is 12.5 Å². The van der Waals surface area contributed by atoms with E-state index in [2.05, 4.69) is 25.8 Å². The summed E-state index contributed by atoms with van der Waals surface area (Å²) in [6.45, 7) is 9.60. The van der Waals surface area contributed by atoms with Gasteiger partial charge < -0.3 is 23.6 Å². The van der Waals surface area contributed by atoms with Crippen LogP contribution in [0.15, 0.2) is 74.9 Å². The van der Waals surface area contributed by atoms with E-state index in [0.29, 0.717) is 61.2 Å². The first-order chi connectivity index (χ1) is 28.5. The van der Waals surface area contributed by atoms with E-state index >= 15 is 0 Å². The van der Waals surface area contributed by atoms with Crippen LogP contribution in [0.25, 0.3) is 33.4 Å². The molecule has 0 saturated heterocycles. The van der Waals surface area contributed by atoms with Crippen molar-refractivity contribution < 1.29 is 124 Å². The molecule has 0 bridgehead atoms. The quantitative estimate of drug-likeness (QED) is 0.0476. The molecule has 0 spiro atoms. The Morgan fingerprint density at radius 2 is 1.20 bits per heavy atom. The molecule has 25 heteroatoms. The van der Waals surface area contributed by atoms with Gasteiger partial charge in [0.25, 0.3) is 0 Å². The van der Waals surface area contributed by atoms with Gasteiger partial charge in [-0.15, -0.1) is 18.2 Å². The Hall–Kier alpha value is -3.69. The molecule has 0 aromatic heterocycles. The fourth-order valence-electron chi connectivity index (χ4n) is 7.23. The van der Waals surface area contributed by atoms with Crippen molar-refractivity contribution >= 4 is 90.3 Å². The van der Waals surface area contributed by atoms with Gasteiger partial charge in [0.1, 0.15) is 37.3 Å². The molecule has 4 aromatic rings. The predicted molar refractivity (Wildman–Crippen MR) is 228 cm³/mol. The Kier molecular flexibility index (Phi) is 17.5. The Morgan fingerprint density at radius 3 is 1.77 bits per heavy atom. The first-order valence-corrected chi connectivity index (χ1v) is 25.4. The Balaban J connectivity index is 0.00000174. The molecular formula is C39H38N4Na2O14S5. The molecule has 0 saturated carbocycles. The van der Waals surface area contributed by atoms with Gasteiger partial charge in [-0.3, -0.25) is 9.71 Å². The molecule has 0 radical (unpaired) electrons. The predicted octanol–water partition coefficient (Wildman–Crippen LogP) is -2.53. The van der Waals surface area contributed by atoms with Crippen molar-refractivity contribution in [2.45, 2.75) is 51.3 Å². The molecular weight excluding hydrogens is 955 g/mol. The van der Waals surface area contributed by atoms with Gasteiger partial charge in [0, 0.05) is 45.6 Å². The van der Waals surface area contributed by atoms with Crippen LogP contribution in [0.1, 0.15) is 33.4 Å². The monoisotopic (exact) mass is 992 g/mol. The third-order valence-corrected chi connectivity index (χ3v) is 12.7. The summed E-state index contributed by atoms with van der Waals surface area (Å²) in [5.41, 5.74) is 4.52. The zero-order chi connectivity index (χ0) is 46.4. The third-order valence-electron chi connectivity index (χ3n) is 9.57. The minimum atomic E-state index is -5.09. The Bertz CT molecular complexity index is 3470. The van der Waals surface area contributed by atoms with Gasteiger partial charge in [0.2, 0.25) is 20.0 Å². The van der Waals surface area contributed by atoms with Gasteiger partial charge in [-0.25, -0.2) is 33.7 Å². The number of benzene rings is 5. The Morgan fingerprint density at radius 1 is 0.641 bits per heavy atom. The van der Waals surface area contributed by atoms with Crippen molar-refractivity contribution in [1.29, 1.82) is 0 Å².